The second kappa shape index (κ2) is 5.12. The predicted molar refractivity (Wildman–Crippen MR) is 78.9 cm³/mol. The monoisotopic (exact) mass is 328 g/mol. The van der Waals surface area contributed by atoms with Gasteiger partial charge in [-0.3, -0.25) is 4.90 Å². The van der Waals surface area contributed by atoms with Crippen LogP contribution >= 0.6 is 27.5 Å². The van der Waals surface area contributed by atoms with Crippen LogP contribution < -0.4 is 5.32 Å². The maximum atomic E-state index is 6.31. The summed E-state index contributed by atoms with van der Waals surface area (Å²) in [6, 6.07) is 6.85. The van der Waals surface area contributed by atoms with Crippen molar-refractivity contribution in [1.82, 2.24) is 10.2 Å². The Bertz CT molecular complexity index is 451. The van der Waals surface area contributed by atoms with Gasteiger partial charge in [0.1, 0.15) is 0 Å². The van der Waals surface area contributed by atoms with Gasteiger partial charge in [0.25, 0.3) is 0 Å². The first kappa shape index (κ1) is 12.9. The topological polar surface area (TPSA) is 15.3 Å². The Morgan fingerprint density at radius 2 is 2.28 bits per heavy atom. The number of likely N-dealkylation sites (tertiary alicyclic amines) is 1. The Kier molecular flexibility index (Phi) is 3.68. The maximum Gasteiger partial charge on any atom is 0.0462 e. The standard InChI is InChI=1S/C14H18BrClN2/c1-9-13-6-17-5-11(13)8-18(9)7-10-2-3-12(15)4-14(10)16/h2-4,9,11,13,17H,5-8H2,1H3. The number of rotatable bonds is 2. The number of fused-ring (bicyclic) bond motifs is 1. The molecule has 2 aliphatic rings. The third-order valence-corrected chi connectivity index (χ3v) is 5.29. The minimum atomic E-state index is 0.657. The largest absolute Gasteiger partial charge is 0.316 e. The van der Waals surface area contributed by atoms with Crippen LogP contribution in [-0.4, -0.2) is 30.6 Å². The van der Waals surface area contributed by atoms with Gasteiger partial charge in [-0.2, -0.15) is 0 Å². The molecule has 3 rings (SSSR count). The Balaban J connectivity index is 1.73. The minimum absolute atomic E-state index is 0.657. The summed E-state index contributed by atoms with van der Waals surface area (Å²) in [5, 5.41) is 4.37. The average Bonchev–Trinajstić information content (AvgIpc) is 2.88. The number of hydrogen-bond donors (Lipinski definition) is 1. The molecule has 0 aromatic heterocycles. The molecule has 1 aromatic rings. The van der Waals surface area contributed by atoms with Crippen molar-refractivity contribution in [2.45, 2.75) is 19.5 Å². The van der Waals surface area contributed by atoms with E-state index >= 15 is 0 Å². The van der Waals surface area contributed by atoms with E-state index in [0.29, 0.717) is 6.04 Å². The van der Waals surface area contributed by atoms with Gasteiger partial charge in [-0.05, 0) is 49.5 Å². The first-order valence-corrected chi connectivity index (χ1v) is 7.71. The van der Waals surface area contributed by atoms with Crippen LogP contribution in [0.15, 0.2) is 22.7 Å². The van der Waals surface area contributed by atoms with E-state index in [1.54, 1.807) is 0 Å². The molecular weight excluding hydrogens is 312 g/mol. The van der Waals surface area contributed by atoms with Gasteiger partial charge in [-0.1, -0.05) is 33.6 Å². The normalized spacial score (nSPS) is 31.8. The lowest BCUT2D eigenvalue weighted by molar-refractivity contribution is 0.231. The summed E-state index contributed by atoms with van der Waals surface area (Å²) < 4.78 is 1.05. The molecule has 0 radical (unpaired) electrons. The molecule has 2 fully saturated rings. The number of nitrogens with zero attached hydrogens (tertiary/aromatic N) is 1. The van der Waals surface area contributed by atoms with Crippen molar-refractivity contribution in [1.29, 1.82) is 0 Å². The fraction of sp³-hybridized carbons (Fsp3) is 0.571. The summed E-state index contributed by atoms with van der Waals surface area (Å²) in [7, 11) is 0. The quantitative estimate of drug-likeness (QED) is 0.897. The van der Waals surface area contributed by atoms with Gasteiger partial charge < -0.3 is 5.32 Å². The van der Waals surface area contributed by atoms with Crippen LogP contribution in [0.3, 0.4) is 0 Å². The van der Waals surface area contributed by atoms with Crippen molar-refractivity contribution in [2.75, 3.05) is 19.6 Å². The molecular formula is C14H18BrClN2. The number of nitrogens with one attached hydrogen (secondary N) is 1. The molecule has 0 amide bonds. The van der Waals surface area contributed by atoms with Gasteiger partial charge in [-0.25, -0.2) is 0 Å². The SMILES string of the molecule is CC1C2CNCC2CN1Cc1ccc(Br)cc1Cl. The fourth-order valence-electron chi connectivity index (χ4n) is 3.33. The molecule has 3 unspecified atom stereocenters. The van der Waals surface area contributed by atoms with Crippen LogP contribution in [0.5, 0.6) is 0 Å². The third-order valence-electron chi connectivity index (χ3n) is 4.45. The molecule has 0 aliphatic carbocycles. The molecule has 2 saturated heterocycles. The first-order chi connectivity index (χ1) is 8.65. The van der Waals surface area contributed by atoms with Crippen molar-refractivity contribution in [3.63, 3.8) is 0 Å². The Hall–Kier alpha value is -0.0900. The van der Waals surface area contributed by atoms with Gasteiger partial charge in [0.15, 0.2) is 0 Å². The third kappa shape index (κ3) is 2.34. The lowest BCUT2D eigenvalue weighted by Crippen LogP contribution is -2.32. The molecule has 98 valence electrons. The van der Waals surface area contributed by atoms with Crippen LogP contribution in [0.4, 0.5) is 0 Å². The van der Waals surface area contributed by atoms with E-state index in [2.05, 4.69) is 45.2 Å². The average molecular weight is 330 g/mol. The molecule has 0 saturated carbocycles. The Labute approximate surface area is 122 Å². The van der Waals surface area contributed by atoms with Crippen LogP contribution in [0.1, 0.15) is 12.5 Å². The minimum Gasteiger partial charge on any atom is -0.316 e. The lowest BCUT2D eigenvalue weighted by Gasteiger charge is -2.24. The number of benzene rings is 1. The van der Waals surface area contributed by atoms with Crippen molar-refractivity contribution in [3.05, 3.63) is 33.3 Å². The summed E-state index contributed by atoms with van der Waals surface area (Å²) in [5.41, 5.74) is 1.24. The smallest absolute Gasteiger partial charge is 0.0462 e. The second-order valence-corrected chi connectivity index (χ2v) is 6.81. The van der Waals surface area contributed by atoms with Gasteiger partial charge in [-0.15, -0.1) is 0 Å². The van der Waals surface area contributed by atoms with Crippen molar-refractivity contribution < 1.29 is 0 Å². The molecule has 3 atom stereocenters. The zero-order valence-corrected chi connectivity index (χ0v) is 12.8. The molecule has 18 heavy (non-hydrogen) atoms. The Morgan fingerprint density at radius 1 is 1.44 bits per heavy atom. The second-order valence-electron chi connectivity index (χ2n) is 5.49. The highest BCUT2D eigenvalue weighted by Crippen LogP contribution is 2.34. The van der Waals surface area contributed by atoms with Crippen LogP contribution in [0.2, 0.25) is 5.02 Å². The molecule has 1 aromatic carbocycles. The summed E-state index contributed by atoms with van der Waals surface area (Å²) in [5.74, 6) is 1.65. The highest BCUT2D eigenvalue weighted by molar-refractivity contribution is 9.10. The van der Waals surface area contributed by atoms with Crippen molar-refractivity contribution in [3.8, 4) is 0 Å². The fourth-order valence-corrected chi connectivity index (χ4v) is 4.07. The molecule has 1 N–H and O–H groups in total. The number of halogens is 2. The zero-order valence-electron chi connectivity index (χ0n) is 10.5. The zero-order chi connectivity index (χ0) is 12.7. The summed E-state index contributed by atoms with van der Waals surface area (Å²) in [6.45, 7) is 6.88. The van der Waals surface area contributed by atoms with Gasteiger partial charge in [0, 0.05) is 28.6 Å². The predicted octanol–water partition coefficient (Wildman–Crippen LogP) is 3.14. The summed E-state index contributed by atoms with van der Waals surface area (Å²) in [4.78, 5) is 2.57. The molecule has 2 heterocycles. The van der Waals surface area contributed by atoms with E-state index in [0.717, 1.165) is 27.9 Å². The van der Waals surface area contributed by atoms with Gasteiger partial charge in [0.2, 0.25) is 0 Å². The van der Waals surface area contributed by atoms with E-state index in [1.807, 2.05) is 6.07 Å². The lowest BCUT2D eigenvalue weighted by atomic mass is 9.95. The molecule has 2 nitrogen and oxygen atoms in total. The number of hydrogen-bond acceptors (Lipinski definition) is 2. The van der Waals surface area contributed by atoms with Gasteiger partial charge >= 0.3 is 0 Å². The van der Waals surface area contributed by atoms with Crippen molar-refractivity contribution >= 4 is 27.5 Å². The van der Waals surface area contributed by atoms with Crippen LogP contribution in [0.25, 0.3) is 0 Å². The van der Waals surface area contributed by atoms with E-state index in [9.17, 15) is 0 Å². The van der Waals surface area contributed by atoms with Crippen molar-refractivity contribution in [2.24, 2.45) is 11.8 Å². The van der Waals surface area contributed by atoms with E-state index in [4.69, 9.17) is 11.6 Å². The summed E-state index contributed by atoms with van der Waals surface area (Å²) in [6.07, 6.45) is 0. The van der Waals surface area contributed by atoms with E-state index < -0.39 is 0 Å². The highest BCUT2D eigenvalue weighted by atomic mass is 79.9. The summed E-state index contributed by atoms with van der Waals surface area (Å²) >= 11 is 9.76. The van der Waals surface area contributed by atoms with E-state index in [1.165, 1.54) is 25.2 Å². The Morgan fingerprint density at radius 3 is 3.00 bits per heavy atom. The maximum absolute atomic E-state index is 6.31. The molecule has 0 spiro atoms. The van der Waals surface area contributed by atoms with Crippen LogP contribution in [-0.2, 0) is 6.54 Å². The van der Waals surface area contributed by atoms with Crippen LogP contribution in [0, 0.1) is 11.8 Å². The molecule has 2 aliphatic heterocycles. The molecule has 0 bridgehead atoms. The van der Waals surface area contributed by atoms with Gasteiger partial charge in [0.05, 0.1) is 0 Å². The molecule has 4 heteroatoms. The first-order valence-electron chi connectivity index (χ1n) is 6.54. The van der Waals surface area contributed by atoms with E-state index in [-0.39, 0.29) is 0 Å². The highest BCUT2D eigenvalue weighted by Gasteiger charge is 2.41.